The molecule has 12 rings (SSSR count). The van der Waals surface area contributed by atoms with Crippen molar-refractivity contribution in [2.24, 2.45) is 0 Å². The van der Waals surface area contributed by atoms with E-state index >= 15 is 0 Å². The molecule has 57 heavy (non-hydrogen) atoms. The maximum Gasteiger partial charge on any atom is 0.165 e. The minimum absolute atomic E-state index is 0.000611. The Hall–Kier alpha value is -6.99. The highest BCUT2D eigenvalue weighted by Gasteiger charge is 2.23. The van der Waals surface area contributed by atoms with E-state index in [4.69, 9.17) is 21.8 Å². The highest BCUT2D eigenvalue weighted by Crippen LogP contribution is 2.47. The molecule has 0 saturated heterocycles. The predicted octanol–water partition coefficient (Wildman–Crippen LogP) is 14.4. The van der Waals surface area contributed by atoms with Gasteiger partial charge in [0.25, 0.3) is 0 Å². The number of rotatable bonds is 5. The molecule has 0 saturated carbocycles. The van der Waals surface area contributed by atoms with Gasteiger partial charge < -0.3 is 4.57 Å². The Balaban J connectivity index is 1.24. The summed E-state index contributed by atoms with van der Waals surface area (Å²) in [7, 11) is 0. The van der Waals surface area contributed by atoms with Gasteiger partial charge in [-0.2, -0.15) is 0 Å². The van der Waals surface area contributed by atoms with Gasteiger partial charge in [0.15, 0.2) is 17.5 Å². The Morgan fingerprint density at radius 3 is 1.88 bits per heavy atom. The van der Waals surface area contributed by atoms with E-state index in [1.807, 2.05) is 36.4 Å². The molecule has 6 heteroatoms. The van der Waals surface area contributed by atoms with Crippen LogP contribution in [0, 0.1) is 0 Å². The first-order valence-corrected chi connectivity index (χ1v) is 20.2. The molecule has 0 unspecified atom stereocenters. The minimum Gasteiger partial charge on any atom is -0.308 e. The molecular weight excluding hydrogens is 733 g/mol. The van der Waals surface area contributed by atoms with Crippen LogP contribution in [0.5, 0.6) is 0 Å². The summed E-state index contributed by atoms with van der Waals surface area (Å²) in [5.41, 5.74) is 6.66. The van der Waals surface area contributed by atoms with Crippen molar-refractivity contribution in [1.82, 2.24) is 19.5 Å². The zero-order valence-electron chi connectivity index (χ0n) is 35.0. The average Bonchev–Trinajstić information content (AvgIpc) is 4.00. The summed E-state index contributed by atoms with van der Waals surface area (Å²) < 4.78 is 50.1. The van der Waals surface area contributed by atoms with Gasteiger partial charge in [-0.1, -0.05) is 158 Å². The summed E-state index contributed by atoms with van der Waals surface area (Å²) in [6.45, 7) is 0. The second-order valence-electron chi connectivity index (χ2n) is 14.0. The molecule has 0 radical (unpaired) electrons. The smallest absolute Gasteiger partial charge is 0.165 e. The Morgan fingerprint density at radius 2 is 1.05 bits per heavy atom. The third-order valence-corrected chi connectivity index (χ3v) is 13.2. The van der Waals surface area contributed by atoms with Gasteiger partial charge in [-0.05, 0) is 35.4 Å². The Morgan fingerprint density at radius 1 is 0.421 bits per heavy atom. The fourth-order valence-corrected chi connectivity index (χ4v) is 10.8. The van der Waals surface area contributed by atoms with Gasteiger partial charge in [0.2, 0.25) is 0 Å². The maximum atomic E-state index is 8.95. The summed E-state index contributed by atoms with van der Waals surface area (Å²) in [6.07, 6.45) is 0. The van der Waals surface area contributed by atoms with E-state index in [1.54, 1.807) is 22.7 Å². The molecule has 0 aliphatic carbocycles. The molecule has 0 aliphatic rings. The Kier molecular flexibility index (Phi) is 6.18. The molecule has 0 N–H and O–H groups in total. The monoisotopic (exact) mass is 767 g/mol. The minimum atomic E-state index is -0.478. The van der Waals surface area contributed by atoms with Gasteiger partial charge in [0.1, 0.15) is 0 Å². The maximum absolute atomic E-state index is 8.95. The van der Waals surface area contributed by atoms with Gasteiger partial charge in [-0.15, -0.1) is 22.7 Å². The number of hydrogen-bond donors (Lipinski definition) is 0. The highest BCUT2D eigenvalue weighted by atomic mass is 32.1. The highest BCUT2D eigenvalue weighted by molar-refractivity contribution is 7.27. The van der Waals surface area contributed by atoms with Crippen molar-refractivity contribution in [3.05, 3.63) is 182 Å². The molecule has 0 amide bonds. The summed E-state index contributed by atoms with van der Waals surface area (Å²) in [5, 5.41) is 6.82. The van der Waals surface area contributed by atoms with Crippen LogP contribution in [0.4, 0.5) is 0 Å². The molecule has 12 aromatic rings. The normalized spacial score (nSPS) is 13.1. The van der Waals surface area contributed by atoms with Crippen molar-refractivity contribution in [1.29, 1.82) is 0 Å². The van der Waals surface area contributed by atoms with E-state index < -0.39 is 18.1 Å². The van der Waals surface area contributed by atoms with Crippen LogP contribution in [0.25, 0.3) is 113 Å². The molecule has 0 aliphatic heterocycles. The van der Waals surface area contributed by atoms with Crippen molar-refractivity contribution in [2.75, 3.05) is 0 Å². The lowest BCUT2D eigenvalue weighted by Gasteiger charge is -2.13. The number of thiophene rings is 2. The van der Waals surface area contributed by atoms with E-state index in [0.29, 0.717) is 17.2 Å². The topological polar surface area (TPSA) is 43.6 Å². The number of aromatic nitrogens is 4. The lowest BCUT2D eigenvalue weighted by Crippen LogP contribution is -2.01. The second-order valence-corrected chi connectivity index (χ2v) is 16.1. The van der Waals surface area contributed by atoms with Gasteiger partial charge in [-0.25, -0.2) is 15.0 Å². The van der Waals surface area contributed by atoms with Crippen molar-refractivity contribution in [3.8, 4) is 51.0 Å². The van der Waals surface area contributed by atoms with Gasteiger partial charge in [-0.3, -0.25) is 0 Å². The van der Waals surface area contributed by atoms with Crippen molar-refractivity contribution in [2.45, 2.75) is 0 Å². The van der Waals surface area contributed by atoms with E-state index in [9.17, 15) is 0 Å². The number of fused-ring (bicyclic) bond motifs is 10. The molecule has 4 nitrogen and oxygen atoms in total. The molecule has 0 bridgehead atoms. The van der Waals surface area contributed by atoms with Crippen LogP contribution in [0.2, 0.25) is 0 Å². The number of nitrogens with zero attached hydrogens (tertiary/aromatic N) is 4. The van der Waals surface area contributed by atoms with E-state index in [0.717, 1.165) is 64.4 Å². The van der Waals surface area contributed by atoms with Crippen molar-refractivity contribution >= 4 is 84.8 Å². The molecule has 0 atom stereocenters. The number of hydrogen-bond acceptors (Lipinski definition) is 5. The summed E-state index contributed by atoms with van der Waals surface area (Å²) >= 11 is 3.47. The summed E-state index contributed by atoms with van der Waals surface area (Å²) in [4.78, 5) is 15.1. The lowest BCUT2D eigenvalue weighted by atomic mass is 10.0. The van der Waals surface area contributed by atoms with Crippen LogP contribution in [-0.2, 0) is 0 Å². The molecule has 8 aromatic carbocycles. The predicted molar refractivity (Wildman–Crippen MR) is 242 cm³/mol. The fourth-order valence-electron chi connectivity index (χ4n) is 8.21. The first kappa shape index (κ1) is 27.6. The quantitative estimate of drug-likeness (QED) is 0.175. The van der Waals surface area contributed by atoms with Crippen LogP contribution in [0.1, 0.15) is 6.85 Å². The molecular formula is C51H30N4S2. The van der Waals surface area contributed by atoms with Gasteiger partial charge >= 0.3 is 0 Å². The molecule has 0 fully saturated rings. The molecule has 4 aromatic heterocycles. The summed E-state index contributed by atoms with van der Waals surface area (Å²) in [6, 6.07) is 50.2. The van der Waals surface area contributed by atoms with Crippen molar-refractivity contribution in [3.63, 3.8) is 0 Å². The summed E-state index contributed by atoms with van der Waals surface area (Å²) in [5.74, 6) is 0.651. The zero-order valence-corrected chi connectivity index (χ0v) is 31.7. The van der Waals surface area contributed by atoms with Crippen LogP contribution >= 0.6 is 22.7 Å². The molecule has 266 valence electrons. The first-order valence-electron chi connectivity index (χ1n) is 21.1. The molecule has 4 heterocycles. The third kappa shape index (κ3) is 5.08. The van der Waals surface area contributed by atoms with Crippen LogP contribution < -0.4 is 0 Å². The third-order valence-electron chi connectivity index (χ3n) is 10.7. The van der Waals surface area contributed by atoms with Gasteiger partial charge in [0.05, 0.1) is 22.6 Å². The van der Waals surface area contributed by atoms with E-state index in [2.05, 4.69) is 120 Å². The number of para-hydroxylation sites is 1. The zero-order chi connectivity index (χ0) is 41.8. The SMILES string of the molecule is [2H]c1c([2H])c([2H])c(-c2nc(-c3ccccc3)nc(-c3cc(-n4c5ccccc5c5ccc6c7ccccc7sc6c54)cc4c3sc3c(-c5ccccc5)cccc34)n2)c([2H])c1[2H]. The molecule has 0 spiro atoms. The van der Waals surface area contributed by atoms with E-state index in [1.165, 1.54) is 20.2 Å². The van der Waals surface area contributed by atoms with Crippen LogP contribution in [0.3, 0.4) is 0 Å². The van der Waals surface area contributed by atoms with Crippen LogP contribution in [0.15, 0.2) is 182 Å². The van der Waals surface area contributed by atoms with Crippen molar-refractivity contribution < 1.29 is 6.85 Å². The number of benzene rings is 8. The van der Waals surface area contributed by atoms with Gasteiger partial charge in [0, 0.05) is 68.8 Å². The standard InChI is InChI=1S/C51H30N4S2/c1-4-15-31(16-5-1)35-23-14-24-39-41-29-34(55-43-25-12-10-21-36(43)38-27-28-40-37-22-11-13-26-44(37)56-48(40)45(38)55)30-42(47(41)57-46(35)39)51-53-49(32-17-6-2-7-18-32)52-50(54-51)33-19-8-3-9-20-33/h1-30H/i2D,6D,7D,17D,18D. The fraction of sp³-hybridized carbons (Fsp3) is 0. The average molecular weight is 768 g/mol. The first-order chi connectivity index (χ1) is 30.3. The van der Waals surface area contributed by atoms with E-state index in [-0.39, 0.29) is 23.5 Å². The second kappa shape index (κ2) is 12.8. The van der Waals surface area contributed by atoms with Crippen LogP contribution in [-0.4, -0.2) is 19.5 Å². The largest absolute Gasteiger partial charge is 0.308 e. The Labute approximate surface area is 342 Å². The lowest BCUT2D eigenvalue weighted by molar-refractivity contribution is 1.07. The Bertz CT molecular complexity index is 3790.